The zero-order chi connectivity index (χ0) is 16.1. The Kier molecular flexibility index (Phi) is 4.50. The number of nitrogens with one attached hydrogen (secondary N) is 1. The molecule has 0 aliphatic heterocycles. The highest BCUT2D eigenvalue weighted by molar-refractivity contribution is 7.78. The summed E-state index contributed by atoms with van der Waals surface area (Å²) in [6.45, 7) is 0. The van der Waals surface area contributed by atoms with E-state index in [9.17, 15) is 9.67 Å². The Morgan fingerprint density at radius 2 is 1.22 bits per heavy atom. The van der Waals surface area contributed by atoms with Crippen LogP contribution in [0, 0.1) is 0 Å². The van der Waals surface area contributed by atoms with E-state index in [1.54, 1.807) is 18.2 Å². The molecule has 3 rings (SSSR count). The maximum absolute atomic E-state index is 13.8. The molecule has 0 amide bonds. The van der Waals surface area contributed by atoms with Gasteiger partial charge in [0.2, 0.25) is 0 Å². The van der Waals surface area contributed by atoms with Gasteiger partial charge in [0.25, 0.3) is 0 Å². The highest BCUT2D eigenvalue weighted by Crippen LogP contribution is 2.43. The second-order valence-electron chi connectivity index (χ2n) is 5.26. The Labute approximate surface area is 136 Å². The van der Waals surface area contributed by atoms with Crippen molar-refractivity contribution in [2.24, 2.45) is 0 Å². The largest absolute Gasteiger partial charge is 0.506 e. The minimum absolute atomic E-state index is 0.153. The van der Waals surface area contributed by atoms with Gasteiger partial charge < -0.3 is 15.0 Å². The number of phenols is 1. The molecule has 116 valence electrons. The quantitative estimate of drug-likeness (QED) is 0.555. The first kappa shape index (κ1) is 15.4. The third-order valence-corrected chi connectivity index (χ3v) is 6.61. The van der Waals surface area contributed by atoms with Crippen LogP contribution in [0.2, 0.25) is 0 Å². The lowest BCUT2D eigenvalue weighted by Crippen LogP contribution is -2.21. The van der Waals surface area contributed by atoms with E-state index in [1.165, 1.54) is 0 Å². The van der Waals surface area contributed by atoms with Crippen molar-refractivity contribution in [3.63, 3.8) is 0 Å². The Morgan fingerprint density at radius 3 is 1.74 bits per heavy atom. The van der Waals surface area contributed by atoms with Gasteiger partial charge in [-0.3, -0.25) is 0 Å². The van der Waals surface area contributed by atoms with Crippen molar-refractivity contribution in [3.8, 4) is 5.75 Å². The second kappa shape index (κ2) is 6.72. The summed E-state index contributed by atoms with van der Waals surface area (Å²) in [5.41, 5.74) is 0.583. The molecule has 0 radical (unpaired) electrons. The average molecular weight is 323 g/mol. The van der Waals surface area contributed by atoms with Gasteiger partial charge in [0.15, 0.2) is 7.14 Å². The first-order valence-corrected chi connectivity index (χ1v) is 9.31. The maximum atomic E-state index is 13.8. The molecule has 0 bridgehead atoms. The number of para-hydroxylation sites is 2. The van der Waals surface area contributed by atoms with E-state index >= 15 is 0 Å². The fraction of sp³-hybridized carbons (Fsp3) is 0.0526. The summed E-state index contributed by atoms with van der Waals surface area (Å²) in [5, 5.41) is 14.6. The van der Waals surface area contributed by atoms with Gasteiger partial charge in [-0.2, -0.15) is 0 Å². The Morgan fingerprint density at radius 1 is 0.739 bits per heavy atom. The van der Waals surface area contributed by atoms with E-state index in [-0.39, 0.29) is 12.0 Å². The SMILES string of the molecule is O=P(CNc1ccccc1O)(c1ccccc1)c1ccccc1. The van der Waals surface area contributed by atoms with Crippen LogP contribution in [-0.2, 0) is 4.57 Å². The highest BCUT2D eigenvalue weighted by atomic mass is 31.2. The molecule has 0 heterocycles. The lowest BCUT2D eigenvalue weighted by atomic mass is 10.3. The summed E-state index contributed by atoms with van der Waals surface area (Å²) in [7, 11) is -2.83. The molecule has 0 unspecified atom stereocenters. The van der Waals surface area contributed by atoms with Crippen LogP contribution in [0.15, 0.2) is 84.9 Å². The molecule has 4 heteroatoms. The smallest absolute Gasteiger partial charge is 0.161 e. The van der Waals surface area contributed by atoms with E-state index in [1.807, 2.05) is 66.7 Å². The summed E-state index contributed by atoms with van der Waals surface area (Å²) in [4.78, 5) is 0. The van der Waals surface area contributed by atoms with Gasteiger partial charge >= 0.3 is 0 Å². The van der Waals surface area contributed by atoms with Gasteiger partial charge in [-0.25, -0.2) is 0 Å². The van der Waals surface area contributed by atoms with E-state index in [4.69, 9.17) is 0 Å². The molecule has 0 aromatic heterocycles. The zero-order valence-electron chi connectivity index (χ0n) is 12.6. The van der Waals surface area contributed by atoms with Crippen molar-refractivity contribution in [1.29, 1.82) is 0 Å². The molecule has 2 N–H and O–H groups in total. The van der Waals surface area contributed by atoms with Crippen molar-refractivity contribution in [3.05, 3.63) is 84.9 Å². The number of benzene rings is 3. The topological polar surface area (TPSA) is 49.3 Å². The van der Waals surface area contributed by atoms with Gasteiger partial charge in [0, 0.05) is 10.6 Å². The highest BCUT2D eigenvalue weighted by Gasteiger charge is 2.27. The fourth-order valence-corrected chi connectivity index (χ4v) is 4.85. The molecule has 23 heavy (non-hydrogen) atoms. The van der Waals surface area contributed by atoms with Crippen LogP contribution < -0.4 is 15.9 Å². The lowest BCUT2D eigenvalue weighted by molar-refractivity contribution is 0.477. The zero-order valence-corrected chi connectivity index (χ0v) is 13.5. The molecule has 0 saturated carbocycles. The van der Waals surface area contributed by atoms with E-state index < -0.39 is 7.14 Å². The third kappa shape index (κ3) is 3.30. The third-order valence-electron chi connectivity index (χ3n) is 3.74. The van der Waals surface area contributed by atoms with Crippen LogP contribution in [0.5, 0.6) is 5.75 Å². The fourth-order valence-electron chi connectivity index (χ4n) is 2.49. The molecular formula is C19H18NO2P. The van der Waals surface area contributed by atoms with Crippen molar-refractivity contribution in [2.45, 2.75) is 0 Å². The summed E-state index contributed by atoms with van der Waals surface area (Å²) < 4.78 is 13.8. The normalized spacial score (nSPS) is 11.1. The monoisotopic (exact) mass is 323 g/mol. The molecule has 0 atom stereocenters. The van der Waals surface area contributed by atoms with E-state index in [2.05, 4.69) is 5.32 Å². The molecule has 0 aliphatic carbocycles. The first-order valence-electron chi connectivity index (χ1n) is 7.42. The molecule has 0 aliphatic rings. The number of hydrogen-bond donors (Lipinski definition) is 2. The first-order chi connectivity index (χ1) is 11.2. The van der Waals surface area contributed by atoms with Crippen molar-refractivity contribution < 1.29 is 9.67 Å². The predicted molar refractivity (Wildman–Crippen MR) is 96.4 cm³/mol. The van der Waals surface area contributed by atoms with Crippen LogP contribution in [0.1, 0.15) is 0 Å². The minimum Gasteiger partial charge on any atom is -0.506 e. The van der Waals surface area contributed by atoms with Crippen molar-refractivity contribution in [2.75, 3.05) is 11.6 Å². The van der Waals surface area contributed by atoms with Gasteiger partial charge in [0.05, 0.1) is 12.0 Å². The molecule has 0 spiro atoms. The Bertz CT molecular complexity index is 776. The summed E-state index contributed by atoms with van der Waals surface area (Å²) in [6, 6.07) is 25.9. The molecule has 0 saturated heterocycles. The number of phenolic OH excluding ortho intramolecular Hbond substituents is 1. The molecule has 3 aromatic carbocycles. The minimum atomic E-state index is -2.83. The summed E-state index contributed by atoms with van der Waals surface area (Å²) in [5.74, 6) is 0.153. The van der Waals surface area contributed by atoms with E-state index in [0.717, 1.165) is 10.6 Å². The van der Waals surface area contributed by atoms with Crippen LogP contribution in [-0.4, -0.2) is 11.4 Å². The Hall–Kier alpha value is -2.51. The molecular weight excluding hydrogens is 305 g/mol. The van der Waals surface area contributed by atoms with E-state index in [0.29, 0.717) is 5.69 Å². The van der Waals surface area contributed by atoms with Gasteiger partial charge in [-0.05, 0) is 12.1 Å². The molecule has 3 nitrogen and oxygen atoms in total. The average Bonchev–Trinajstić information content (AvgIpc) is 2.62. The van der Waals surface area contributed by atoms with Crippen LogP contribution in [0.3, 0.4) is 0 Å². The lowest BCUT2D eigenvalue weighted by Gasteiger charge is -2.20. The van der Waals surface area contributed by atoms with Crippen LogP contribution in [0.25, 0.3) is 0 Å². The predicted octanol–water partition coefficient (Wildman–Crippen LogP) is 3.78. The number of rotatable bonds is 5. The standard InChI is InChI=1S/C19H18NO2P/c21-19-14-8-7-13-18(19)20-15-23(22,16-9-3-1-4-10-16)17-11-5-2-6-12-17/h1-14,20-21H,15H2. The van der Waals surface area contributed by atoms with Gasteiger partial charge in [-0.1, -0.05) is 72.8 Å². The number of aromatic hydroxyl groups is 1. The van der Waals surface area contributed by atoms with Crippen LogP contribution >= 0.6 is 7.14 Å². The van der Waals surface area contributed by atoms with Crippen LogP contribution in [0.4, 0.5) is 5.69 Å². The Balaban J connectivity index is 1.97. The van der Waals surface area contributed by atoms with Crippen molar-refractivity contribution in [1.82, 2.24) is 0 Å². The number of hydrogen-bond acceptors (Lipinski definition) is 3. The molecule has 3 aromatic rings. The summed E-state index contributed by atoms with van der Waals surface area (Å²) in [6.07, 6.45) is 0.249. The van der Waals surface area contributed by atoms with Gasteiger partial charge in [0.1, 0.15) is 5.75 Å². The van der Waals surface area contributed by atoms with Gasteiger partial charge in [-0.15, -0.1) is 0 Å². The summed E-state index contributed by atoms with van der Waals surface area (Å²) >= 11 is 0. The van der Waals surface area contributed by atoms with Crippen molar-refractivity contribution >= 4 is 23.4 Å². The number of anilines is 1. The maximum Gasteiger partial charge on any atom is 0.161 e. The molecule has 0 fully saturated rings. The second-order valence-corrected chi connectivity index (χ2v) is 8.09.